The van der Waals surface area contributed by atoms with Gasteiger partial charge in [-0.25, -0.2) is 0 Å². The predicted octanol–water partition coefficient (Wildman–Crippen LogP) is 1.88. The van der Waals surface area contributed by atoms with E-state index in [1.165, 1.54) is 0 Å². The molecule has 1 N–H and O–H groups in total. The van der Waals surface area contributed by atoms with Crippen LogP contribution in [0.4, 0.5) is 0 Å². The van der Waals surface area contributed by atoms with Crippen LogP contribution in [0.15, 0.2) is 0 Å². The van der Waals surface area contributed by atoms with E-state index in [4.69, 9.17) is 0 Å². The van der Waals surface area contributed by atoms with Gasteiger partial charge in [-0.15, -0.1) is 0 Å². The Hall–Kier alpha value is -0.570. The highest BCUT2D eigenvalue weighted by atomic mass is 16.2. The van der Waals surface area contributed by atoms with Crippen LogP contribution < -0.4 is 5.32 Å². The molecule has 0 unspecified atom stereocenters. The third-order valence-electron chi connectivity index (χ3n) is 2.10. The summed E-state index contributed by atoms with van der Waals surface area (Å²) in [4.78, 5) is 13.7. The molecule has 0 spiro atoms. The van der Waals surface area contributed by atoms with E-state index in [1.807, 2.05) is 0 Å². The fourth-order valence-electron chi connectivity index (χ4n) is 1.59. The molecule has 0 aliphatic carbocycles. The highest BCUT2D eigenvalue weighted by molar-refractivity contribution is 5.77. The van der Waals surface area contributed by atoms with Crippen LogP contribution in [0.5, 0.6) is 0 Å². The third-order valence-corrected chi connectivity index (χ3v) is 2.10. The van der Waals surface area contributed by atoms with Crippen molar-refractivity contribution in [3.63, 3.8) is 0 Å². The molecule has 0 atom stereocenters. The van der Waals surface area contributed by atoms with Gasteiger partial charge in [0.15, 0.2) is 0 Å². The summed E-state index contributed by atoms with van der Waals surface area (Å²) in [6, 6.07) is 0. The smallest absolute Gasteiger partial charge is 0.234 e. The Bertz CT molecular complexity index is 169. The summed E-state index contributed by atoms with van der Waals surface area (Å²) in [6.07, 6.45) is 2.11. The number of hydrogen-bond acceptors (Lipinski definition) is 2. The Morgan fingerprint density at radius 3 is 2.40 bits per heavy atom. The first-order valence-corrected chi connectivity index (χ1v) is 6.09. The van der Waals surface area contributed by atoms with E-state index in [1.54, 1.807) is 0 Å². The van der Waals surface area contributed by atoms with Gasteiger partial charge in [-0.2, -0.15) is 0 Å². The third kappa shape index (κ3) is 8.43. The summed E-state index contributed by atoms with van der Waals surface area (Å²) < 4.78 is 0. The average Bonchev–Trinajstić information content (AvgIpc) is 2.14. The molecular formula is C12H26N2O. The number of nitrogens with one attached hydrogen (secondary N) is 1. The fourth-order valence-corrected chi connectivity index (χ4v) is 1.59. The molecule has 0 saturated carbocycles. The molecular weight excluding hydrogens is 188 g/mol. The lowest BCUT2D eigenvalue weighted by Gasteiger charge is -2.22. The summed E-state index contributed by atoms with van der Waals surface area (Å²) in [5.74, 6) is 0.779. The van der Waals surface area contributed by atoms with Crippen LogP contribution in [-0.4, -0.2) is 37.0 Å². The maximum Gasteiger partial charge on any atom is 0.234 e. The Morgan fingerprint density at radius 1 is 1.27 bits per heavy atom. The van der Waals surface area contributed by atoms with Gasteiger partial charge in [0, 0.05) is 13.1 Å². The zero-order chi connectivity index (χ0) is 11.7. The van der Waals surface area contributed by atoms with Gasteiger partial charge in [-0.05, 0) is 25.3 Å². The SMILES string of the molecule is CCCNC(=O)CN(CCC)CC(C)C. The Kier molecular flexibility index (Phi) is 8.38. The van der Waals surface area contributed by atoms with Crippen molar-refractivity contribution >= 4 is 5.91 Å². The van der Waals surface area contributed by atoms with E-state index in [0.717, 1.165) is 32.5 Å². The Morgan fingerprint density at radius 2 is 1.93 bits per heavy atom. The summed E-state index contributed by atoms with van der Waals surface area (Å²) in [7, 11) is 0. The first kappa shape index (κ1) is 14.4. The molecule has 0 aliphatic rings. The number of amides is 1. The first-order valence-electron chi connectivity index (χ1n) is 6.09. The molecule has 0 rings (SSSR count). The monoisotopic (exact) mass is 214 g/mol. The van der Waals surface area contributed by atoms with Crippen molar-refractivity contribution in [2.24, 2.45) is 5.92 Å². The summed E-state index contributed by atoms with van der Waals surface area (Å²) in [5, 5.41) is 2.91. The molecule has 0 radical (unpaired) electrons. The minimum Gasteiger partial charge on any atom is -0.355 e. The number of hydrogen-bond donors (Lipinski definition) is 1. The van der Waals surface area contributed by atoms with Gasteiger partial charge < -0.3 is 5.32 Å². The van der Waals surface area contributed by atoms with Gasteiger partial charge in [-0.3, -0.25) is 9.69 Å². The number of nitrogens with zero attached hydrogens (tertiary/aromatic N) is 1. The van der Waals surface area contributed by atoms with Crippen molar-refractivity contribution in [3.05, 3.63) is 0 Å². The minimum absolute atomic E-state index is 0.158. The summed E-state index contributed by atoms with van der Waals surface area (Å²) in [5.41, 5.74) is 0. The largest absolute Gasteiger partial charge is 0.355 e. The molecule has 0 aromatic rings. The zero-order valence-electron chi connectivity index (χ0n) is 10.7. The number of rotatable bonds is 8. The highest BCUT2D eigenvalue weighted by Gasteiger charge is 2.10. The van der Waals surface area contributed by atoms with Crippen LogP contribution in [0.25, 0.3) is 0 Å². The molecule has 0 heterocycles. The van der Waals surface area contributed by atoms with Crippen molar-refractivity contribution in [2.75, 3.05) is 26.2 Å². The maximum atomic E-state index is 11.5. The lowest BCUT2D eigenvalue weighted by Crippen LogP contribution is -2.39. The normalized spacial score (nSPS) is 11.1. The number of carbonyl (C=O) groups is 1. The van der Waals surface area contributed by atoms with E-state index in [2.05, 4.69) is 37.9 Å². The standard InChI is InChI=1S/C12H26N2O/c1-5-7-13-12(15)10-14(8-6-2)9-11(3)4/h11H,5-10H2,1-4H3,(H,13,15). The summed E-state index contributed by atoms with van der Waals surface area (Å²) in [6.45, 7) is 12.0. The van der Waals surface area contributed by atoms with Crippen LogP contribution in [0.1, 0.15) is 40.5 Å². The van der Waals surface area contributed by atoms with Gasteiger partial charge in [-0.1, -0.05) is 27.7 Å². The molecule has 1 amide bonds. The van der Waals surface area contributed by atoms with Crippen molar-refractivity contribution in [1.29, 1.82) is 0 Å². The molecule has 90 valence electrons. The lowest BCUT2D eigenvalue weighted by atomic mass is 10.2. The first-order chi connectivity index (χ1) is 7.10. The van der Waals surface area contributed by atoms with Crippen LogP contribution in [-0.2, 0) is 4.79 Å². The molecule has 0 aromatic heterocycles. The number of carbonyl (C=O) groups excluding carboxylic acids is 1. The summed E-state index contributed by atoms with van der Waals surface area (Å²) >= 11 is 0. The topological polar surface area (TPSA) is 32.3 Å². The van der Waals surface area contributed by atoms with Crippen LogP contribution in [0, 0.1) is 5.92 Å². The molecule has 0 fully saturated rings. The Balaban J connectivity index is 3.86. The van der Waals surface area contributed by atoms with Crippen LogP contribution in [0.3, 0.4) is 0 Å². The van der Waals surface area contributed by atoms with Crippen molar-refractivity contribution in [3.8, 4) is 0 Å². The second-order valence-corrected chi connectivity index (χ2v) is 4.48. The van der Waals surface area contributed by atoms with Crippen molar-refractivity contribution in [1.82, 2.24) is 10.2 Å². The second-order valence-electron chi connectivity index (χ2n) is 4.48. The van der Waals surface area contributed by atoms with Gasteiger partial charge in [0.25, 0.3) is 0 Å². The van der Waals surface area contributed by atoms with E-state index >= 15 is 0 Å². The highest BCUT2D eigenvalue weighted by Crippen LogP contribution is 1.99. The molecule has 0 bridgehead atoms. The second kappa shape index (κ2) is 8.72. The van der Waals surface area contributed by atoms with Gasteiger partial charge in [0.05, 0.1) is 6.54 Å². The van der Waals surface area contributed by atoms with Crippen molar-refractivity contribution in [2.45, 2.75) is 40.5 Å². The van der Waals surface area contributed by atoms with E-state index in [-0.39, 0.29) is 5.91 Å². The van der Waals surface area contributed by atoms with Crippen LogP contribution >= 0.6 is 0 Å². The average molecular weight is 214 g/mol. The van der Waals surface area contributed by atoms with Gasteiger partial charge in [0.2, 0.25) is 5.91 Å². The van der Waals surface area contributed by atoms with Gasteiger partial charge >= 0.3 is 0 Å². The van der Waals surface area contributed by atoms with Crippen molar-refractivity contribution < 1.29 is 4.79 Å². The molecule has 15 heavy (non-hydrogen) atoms. The molecule has 0 aliphatic heterocycles. The lowest BCUT2D eigenvalue weighted by molar-refractivity contribution is -0.122. The molecule has 0 saturated heterocycles. The van der Waals surface area contributed by atoms with E-state index < -0.39 is 0 Å². The van der Waals surface area contributed by atoms with E-state index in [0.29, 0.717) is 12.5 Å². The fraction of sp³-hybridized carbons (Fsp3) is 0.917. The molecule has 3 heteroatoms. The predicted molar refractivity (Wildman–Crippen MR) is 64.9 cm³/mol. The maximum absolute atomic E-state index is 11.5. The van der Waals surface area contributed by atoms with Gasteiger partial charge in [0.1, 0.15) is 0 Å². The van der Waals surface area contributed by atoms with Crippen LogP contribution in [0.2, 0.25) is 0 Å². The zero-order valence-corrected chi connectivity index (χ0v) is 10.7. The Labute approximate surface area is 94.2 Å². The quantitative estimate of drug-likeness (QED) is 0.669. The minimum atomic E-state index is 0.158. The molecule has 0 aromatic carbocycles. The molecule has 3 nitrogen and oxygen atoms in total. The van der Waals surface area contributed by atoms with E-state index in [9.17, 15) is 4.79 Å².